The standard InChI is InChI=1S/C20H16FN3/c1-13-5-2-9-17(23-13)19(21)18-10-4-8-16(24-18)15-7-3-6-14-11-12-22-20(14)15/h2-12,19,22H,1H3. The van der Waals surface area contributed by atoms with Crippen LogP contribution >= 0.6 is 0 Å². The van der Waals surface area contributed by atoms with Gasteiger partial charge in [0.15, 0.2) is 6.17 Å². The second-order valence-corrected chi connectivity index (χ2v) is 5.76. The maximum Gasteiger partial charge on any atom is 0.184 e. The zero-order valence-corrected chi connectivity index (χ0v) is 13.2. The van der Waals surface area contributed by atoms with Crippen molar-refractivity contribution in [2.24, 2.45) is 0 Å². The van der Waals surface area contributed by atoms with Crippen molar-refractivity contribution in [1.29, 1.82) is 0 Å². The van der Waals surface area contributed by atoms with Crippen LogP contribution in [0, 0.1) is 6.92 Å². The van der Waals surface area contributed by atoms with E-state index in [1.165, 1.54) is 0 Å². The average molecular weight is 317 g/mol. The van der Waals surface area contributed by atoms with Crippen molar-refractivity contribution in [2.45, 2.75) is 13.1 Å². The Morgan fingerprint density at radius 1 is 0.875 bits per heavy atom. The number of para-hydroxylation sites is 1. The van der Waals surface area contributed by atoms with Gasteiger partial charge in [-0.25, -0.2) is 9.37 Å². The first-order valence-corrected chi connectivity index (χ1v) is 7.83. The first-order chi connectivity index (χ1) is 11.7. The first-order valence-electron chi connectivity index (χ1n) is 7.83. The fraction of sp³-hybridized carbons (Fsp3) is 0.100. The molecule has 4 rings (SSSR count). The van der Waals surface area contributed by atoms with Crippen molar-refractivity contribution in [1.82, 2.24) is 15.0 Å². The molecular formula is C20H16FN3. The number of alkyl halides is 1. The number of H-pyrrole nitrogens is 1. The van der Waals surface area contributed by atoms with Gasteiger partial charge in [-0.2, -0.15) is 0 Å². The molecule has 4 aromatic rings. The minimum Gasteiger partial charge on any atom is -0.361 e. The number of halogens is 1. The Kier molecular flexibility index (Phi) is 3.58. The van der Waals surface area contributed by atoms with Gasteiger partial charge in [-0.1, -0.05) is 30.3 Å². The summed E-state index contributed by atoms with van der Waals surface area (Å²) in [6, 6.07) is 18.8. The molecule has 0 bridgehead atoms. The van der Waals surface area contributed by atoms with Crippen LogP contribution in [0.15, 0.2) is 66.9 Å². The van der Waals surface area contributed by atoms with Gasteiger partial charge < -0.3 is 4.98 Å². The predicted octanol–water partition coefficient (Wildman–Crippen LogP) is 4.99. The van der Waals surface area contributed by atoms with E-state index < -0.39 is 6.17 Å². The Morgan fingerprint density at radius 2 is 1.62 bits per heavy atom. The van der Waals surface area contributed by atoms with Gasteiger partial charge in [0.1, 0.15) is 0 Å². The molecule has 3 nitrogen and oxygen atoms in total. The lowest BCUT2D eigenvalue weighted by Gasteiger charge is -2.10. The van der Waals surface area contributed by atoms with Crippen LogP contribution in [-0.2, 0) is 0 Å². The fourth-order valence-electron chi connectivity index (χ4n) is 2.90. The number of benzene rings is 1. The van der Waals surface area contributed by atoms with Crippen molar-refractivity contribution in [3.05, 3.63) is 83.9 Å². The number of aromatic amines is 1. The lowest BCUT2D eigenvalue weighted by Crippen LogP contribution is -2.02. The van der Waals surface area contributed by atoms with Crippen molar-refractivity contribution < 1.29 is 4.39 Å². The van der Waals surface area contributed by atoms with Gasteiger partial charge >= 0.3 is 0 Å². The Labute approximate surface area is 139 Å². The number of pyridine rings is 2. The maximum absolute atomic E-state index is 14.9. The van der Waals surface area contributed by atoms with E-state index in [4.69, 9.17) is 0 Å². The molecule has 3 heterocycles. The van der Waals surface area contributed by atoms with E-state index in [0.717, 1.165) is 27.9 Å². The lowest BCUT2D eigenvalue weighted by molar-refractivity contribution is 0.385. The molecule has 0 aliphatic heterocycles. The molecule has 0 saturated heterocycles. The van der Waals surface area contributed by atoms with Crippen molar-refractivity contribution >= 4 is 10.9 Å². The highest BCUT2D eigenvalue weighted by atomic mass is 19.1. The molecule has 0 fully saturated rings. The Bertz CT molecular complexity index is 1010. The highest BCUT2D eigenvalue weighted by Crippen LogP contribution is 2.29. The number of hydrogen-bond acceptors (Lipinski definition) is 2. The monoisotopic (exact) mass is 317 g/mol. The molecule has 0 aliphatic rings. The van der Waals surface area contributed by atoms with Crippen molar-refractivity contribution in [3.63, 3.8) is 0 Å². The third-order valence-electron chi connectivity index (χ3n) is 4.06. The van der Waals surface area contributed by atoms with Gasteiger partial charge in [-0.05, 0) is 37.3 Å². The van der Waals surface area contributed by atoms with E-state index in [0.29, 0.717) is 11.4 Å². The van der Waals surface area contributed by atoms with Crippen LogP contribution in [0.5, 0.6) is 0 Å². The van der Waals surface area contributed by atoms with Gasteiger partial charge in [0.05, 0.1) is 22.6 Å². The number of nitrogens with zero attached hydrogens (tertiary/aromatic N) is 2. The first kappa shape index (κ1) is 14.6. The number of fused-ring (bicyclic) bond motifs is 1. The second-order valence-electron chi connectivity index (χ2n) is 5.76. The smallest absolute Gasteiger partial charge is 0.184 e. The molecule has 0 aliphatic carbocycles. The second kappa shape index (κ2) is 5.89. The Morgan fingerprint density at radius 3 is 2.46 bits per heavy atom. The number of hydrogen-bond donors (Lipinski definition) is 1. The molecule has 118 valence electrons. The molecule has 0 spiro atoms. The van der Waals surface area contributed by atoms with Crippen molar-refractivity contribution in [3.8, 4) is 11.3 Å². The number of aryl methyl sites for hydroxylation is 1. The molecule has 24 heavy (non-hydrogen) atoms. The molecule has 1 N–H and O–H groups in total. The molecule has 4 heteroatoms. The van der Waals surface area contributed by atoms with Gasteiger partial charge in [0.2, 0.25) is 0 Å². The SMILES string of the molecule is Cc1cccc(C(F)c2cccc(-c3cccc4cc[nH]c34)n2)n1. The van der Waals surface area contributed by atoms with Crippen molar-refractivity contribution in [2.75, 3.05) is 0 Å². The molecule has 3 aromatic heterocycles. The van der Waals surface area contributed by atoms with E-state index >= 15 is 0 Å². The largest absolute Gasteiger partial charge is 0.361 e. The topological polar surface area (TPSA) is 41.6 Å². The molecule has 0 radical (unpaired) electrons. The summed E-state index contributed by atoms with van der Waals surface area (Å²) in [5, 5.41) is 1.11. The third-order valence-corrected chi connectivity index (χ3v) is 4.06. The van der Waals surface area contributed by atoms with Crippen LogP contribution in [0.1, 0.15) is 23.3 Å². The lowest BCUT2D eigenvalue weighted by atomic mass is 10.1. The number of aromatic nitrogens is 3. The minimum absolute atomic E-state index is 0.370. The third kappa shape index (κ3) is 2.56. The summed E-state index contributed by atoms with van der Waals surface area (Å²) in [6.07, 6.45) is 0.555. The molecule has 1 aromatic carbocycles. The zero-order chi connectivity index (χ0) is 16.5. The van der Waals surface area contributed by atoms with Crippen LogP contribution < -0.4 is 0 Å². The highest BCUT2D eigenvalue weighted by molar-refractivity contribution is 5.93. The number of nitrogens with one attached hydrogen (secondary N) is 1. The molecule has 0 saturated carbocycles. The Balaban J connectivity index is 1.78. The molecule has 1 atom stereocenters. The van der Waals surface area contributed by atoms with E-state index in [9.17, 15) is 4.39 Å². The highest BCUT2D eigenvalue weighted by Gasteiger charge is 2.17. The van der Waals surface area contributed by atoms with Gasteiger partial charge in [0, 0.05) is 22.8 Å². The predicted molar refractivity (Wildman–Crippen MR) is 93.5 cm³/mol. The normalized spacial score (nSPS) is 12.4. The van der Waals surface area contributed by atoms with Gasteiger partial charge in [0.25, 0.3) is 0 Å². The zero-order valence-electron chi connectivity index (χ0n) is 13.2. The fourth-order valence-corrected chi connectivity index (χ4v) is 2.90. The summed E-state index contributed by atoms with van der Waals surface area (Å²) in [5.41, 5.74) is 4.26. The van der Waals surface area contributed by atoms with Gasteiger partial charge in [-0.15, -0.1) is 0 Å². The number of rotatable bonds is 3. The molecular weight excluding hydrogens is 301 g/mol. The summed E-state index contributed by atoms with van der Waals surface area (Å²) in [5.74, 6) is 0. The van der Waals surface area contributed by atoms with E-state index in [-0.39, 0.29) is 0 Å². The summed E-state index contributed by atoms with van der Waals surface area (Å²) < 4.78 is 14.9. The van der Waals surface area contributed by atoms with Crippen LogP contribution in [0.2, 0.25) is 0 Å². The Hall–Kier alpha value is -3.01. The van der Waals surface area contributed by atoms with Crippen LogP contribution in [0.4, 0.5) is 4.39 Å². The van der Waals surface area contributed by atoms with Crippen LogP contribution in [0.3, 0.4) is 0 Å². The maximum atomic E-state index is 14.9. The summed E-state index contributed by atoms with van der Waals surface area (Å²) in [4.78, 5) is 12.0. The van der Waals surface area contributed by atoms with E-state index in [2.05, 4.69) is 15.0 Å². The summed E-state index contributed by atoms with van der Waals surface area (Å²) >= 11 is 0. The van der Waals surface area contributed by atoms with E-state index in [1.807, 2.05) is 61.7 Å². The molecule has 1 unspecified atom stereocenters. The van der Waals surface area contributed by atoms with Gasteiger partial charge in [-0.3, -0.25) is 4.98 Å². The van der Waals surface area contributed by atoms with Crippen LogP contribution in [-0.4, -0.2) is 15.0 Å². The summed E-state index contributed by atoms with van der Waals surface area (Å²) in [7, 11) is 0. The van der Waals surface area contributed by atoms with Crippen LogP contribution in [0.25, 0.3) is 22.2 Å². The van der Waals surface area contributed by atoms with E-state index in [1.54, 1.807) is 12.1 Å². The minimum atomic E-state index is -1.34. The average Bonchev–Trinajstić information content (AvgIpc) is 3.10. The quantitative estimate of drug-likeness (QED) is 0.578. The molecule has 0 amide bonds. The summed E-state index contributed by atoms with van der Waals surface area (Å²) in [6.45, 7) is 1.85.